The molecule has 31 heavy (non-hydrogen) atoms. The summed E-state index contributed by atoms with van der Waals surface area (Å²) in [6.45, 7) is 8.32. The zero-order chi connectivity index (χ0) is 23.2. The summed E-state index contributed by atoms with van der Waals surface area (Å²) in [6.07, 6.45) is 10.3. The topological polar surface area (TPSA) is 113 Å². The largest absolute Gasteiger partial charge is 0.507 e. The number of hydrogen-bond donors (Lipinski definition) is 3. The number of phenols is 1. The Bertz CT molecular complexity index is 1030. The first-order valence-electron chi connectivity index (χ1n) is 10.3. The lowest BCUT2D eigenvalue weighted by atomic mass is 9.99. The maximum Gasteiger partial charge on any atom is 0.446 e. The molecular weight excluding hydrogens is 418 g/mol. The number of nitrogens with one attached hydrogen (secondary N) is 1. The van der Waals surface area contributed by atoms with Crippen molar-refractivity contribution in [2.45, 2.75) is 66.3 Å². The SMILES string of the molecule is CC(C)=CCC/C(C)=C/CC/C(C)=C/Cc1c(O)cc2c(c1OS(=O)(=O)O)CNC2=O. The van der Waals surface area contributed by atoms with E-state index in [9.17, 15) is 18.3 Å². The van der Waals surface area contributed by atoms with Crippen molar-refractivity contribution >= 4 is 16.3 Å². The maximum atomic E-state index is 11.9. The molecule has 0 aliphatic carbocycles. The molecule has 8 heteroatoms. The van der Waals surface area contributed by atoms with Crippen molar-refractivity contribution < 1.29 is 27.1 Å². The summed E-state index contributed by atoms with van der Waals surface area (Å²) >= 11 is 0. The van der Waals surface area contributed by atoms with Crippen molar-refractivity contribution in [3.63, 3.8) is 0 Å². The summed E-state index contributed by atoms with van der Waals surface area (Å²) in [7, 11) is -4.81. The number of rotatable bonds is 10. The van der Waals surface area contributed by atoms with Crippen LogP contribution < -0.4 is 9.50 Å². The van der Waals surface area contributed by atoms with Crippen molar-refractivity contribution in [3.05, 3.63) is 57.7 Å². The van der Waals surface area contributed by atoms with Crippen LogP contribution in [0.15, 0.2) is 41.0 Å². The highest BCUT2D eigenvalue weighted by atomic mass is 32.3. The maximum absolute atomic E-state index is 11.9. The van der Waals surface area contributed by atoms with Crippen LogP contribution in [-0.2, 0) is 23.4 Å². The fourth-order valence-electron chi connectivity index (χ4n) is 3.39. The number of allylic oxidation sites excluding steroid dienone is 6. The number of aromatic hydroxyl groups is 1. The highest BCUT2D eigenvalue weighted by molar-refractivity contribution is 7.81. The van der Waals surface area contributed by atoms with E-state index < -0.39 is 16.3 Å². The van der Waals surface area contributed by atoms with Gasteiger partial charge in [0.05, 0.1) is 5.56 Å². The third kappa shape index (κ3) is 7.56. The van der Waals surface area contributed by atoms with Crippen molar-refractivity contribution in [1.29, 1.82) is 0 Å². The summed E-state index contributed by atoms with van der Waals surface area (Å²) in [5, 5.41) is 12.9. The summed E-state index contributed by atoms with van der Waals surface area (Å²) in [5.41, 5.74) is 4.37. The van der Waals surface area contributed by atoms with E-state index in [-0.39, 0.29) is 35.6 Å². The van der Waals surface area contributed by atoms with Crippen molar-refractivity contribution in [1.82, 2.24) is 5.32 Å². The first-order valence-corrected chi connectivity index (χ1v) is 11.6. The Hall–Kier alpha value is -2.58. The molecule has 1 aromatic carbocycles. The van der Waals surface area contributed by atoms with Gasteiger partial charge in [-0.15, -0.1) is 0 Å². The molecule has 1 aliphatic heterocycles. The van der Waals surface area contributed by atoms with Crippen molar-refractivity contribution in [3.8, 4) is 11.5 Å². The highest BCUT2D eigenvalue weighted by Gasteiger charge is 2.29. The molecule has 0 radical (unpaired) electrons. The van der Waals surface area contributed by atoms with Crippen LogP contribution in [0.4, 0.5) is 0 Å². The fourth-order valence-corrected chi connectivity index (χ4v) is 3.80. The molecule has 0 aromatic heterocycles. The first-order chi connectivity index (χ1) is 14.5. The molecule has 0 fully saturated rings. The predicted octanol–water partition coefficient (Wildman–Crippen LogP) is 4.78. The van der Waals surface area contributed by atoms with E-state index >= 15 is 0 Å². The third-order valence-electron chi connectivity index (χ3n) is 5.10. The standard InChI is InChI=1S/C23H31NO6S/c1-15(2)7-5-8-16(3)9-6-10-17(4)11-12-18-21(25)13-19-20(14-24-23(19)26)22(18)30-31(27,28)29/h7,9,11,13,25H,5-6,8,10,12,14H2,1-4H3,(H,24,26)(H,27,28,29)/b16-9+,17-11+. The molecule has 0 bridgehead atoms. The summed E-state index contributed by atoms with van der Waals surface area (Å²) < 4.78 is 36.5. The van der Waals surface area contributed by atoms with Gasteiger partial charge in [0, 0.05) is 17.7 Å². The van der Waals surface area contributed by atoms with Gasteiger partial charge in [0.1, 0.15) is 5.75 Å². The van der Waals surface area contributed by atoms with E-state index in [4.69, 9.17) is 8.74 Å². The highest BCUT2D eigenvalue weighted by Crippen LogP contribution is 2.38. The Morgan fingerprint density at radius 2 is 1.71 bits per heavy atom. The van der Waals surface area contributed by atoms with E-state index in [0.29, 0.717) is 5.56 Å². The molecule has 0 spiro atoms. The van der Waals surface area contributed by atoms with Gasteiger partial charge in [-0.1, -0.05) is 34.9 Å². The molecule has 1 heterocycles. The Labute approximate surface area is 184 Å². The van der Waals surface area contributed by atoms with Crippen LogP contribution in [0.25, 0.3) is 0 Å². The van der Waals surface area contributed by atoms with Crippen molar-refractivity contribution in [2.24, 2.45) is 0 Å². The van der Waals surface area contributed by atoms with Crippen LogP contribution in [0.2, 0.25) is 0 Å². The monoisotopic (exact) mass is 449 g/mol. The number of carbonyl (C=O) groups excluding carboxylic acids is 1. The van der Waals surface area contributed by atoms with Crippen LogP contribution in [0.1, 0.15) is 74.9 Å². The Balaban J connectivity index is 2.12. The van der Waals surface area contributed by atoms with Crippen LogP contribution >= 0.6 is 0 Å². The summed E-state index contributed by atoms with van der Waals surface area (Å²) in [6, 6.07) is 1.30. The number of carbonyl (C=O) groups is 1. The third-order valence-corrected chi connectivity index (χ3v) is 5.48. The van der Waals surface area contributed by atoms with E-state index in [1.807, 2.05) is 13.0 Å². The number of benzene rings is 1. The van der Waals surface area contributed by atoms with Gasteiger partial charge in [0.2, 0.25) is 0 Å². The lowest BCUT2D eigenvalue weighted by Gasteiger charge is -2.13. The summed E-state index contributed by atoms with van der Waals surface area (Å²) in [4.78, 5) is 11.9. The predicted molar refractivity (Wildman–Crippen MR) is 121 cm³/mol. The molecular formula is C23H31NO6S. The second-order valence-electron chi connectivity index (χ2n) is 8.09. The summed E-state index contributed by atoms with van der Waals surface area (Å²) in [5.74, 6) is -0.890. The minimum absolute atomic E-state index is 0.0613. The molecule has 0 atom stereocenters. The number of hydrogen-bond acceptors (Lipinski definition) is 5. The molecule has 1 aliphatic rings. The van der Waals surface area contributed by atoms with Crippen LogP contribution in [0, 0.1) is 0 Å². The van der Waals surface area contributed by atoms with Gasteiger partial charge in [0.15, 0.2) is 5.75 Å². The lowest BCUT2D eigenvalue weighted by molar-refractivity contribution is 0.0965. The van der Waals surface area contributed by atoms with E-state index in [2.05, 4.69) is 38.2 Å². The molecule has 1 amide bonds. The van der Waals surface area contributed by atoms with Gasteiger partial charge in [-0.2, -0.15) is 8.42 Å². The minimum atomic E-state index is -4.81. The number of fused-ring (bicyclic) bond motifs is 1. The van der Waals surface area contributed by atoms with Gasteiger partial charge < -0.3 is 14.6 Å². The quantitative estimate of drug-likeness (QED) is 0.350. The zero-order valence-corrected chi connectivity index (χ0v) is 19.3. The molecule has 1 aromatic rings. The van der Waals surface area contributed by atoms with Crippen molar-refractivity contribution in [2.75, 3.05) is 0 Å². The Morgan fingerprint density at radius 1 is 1.10 bits per heavy atom. The second-order valence-corrected chi connectivity index (χ2v) is 9.11. The van der Waals surface area contributed by atoms with Gasteiger partial charge in [0.25, 0.3) is 5.91 Å². The fraction of sp³-hybridized carbons (Fsp3) is 0.435. The molecule has 0 unspecified atom stereocenters. The van der Waals surface area contributed by atoms with E-state index in [1.54, 1.807) is 0 Å². The first kappa shape index (κ1) is 24.7. The zero-order valence-electron chi connectivity index (χ0n) is 18.5. The van der Waals surface area contributed by atoms with Crippen LogP contribution in [0.3, 0.4) is 0 Å². The number of phenolic OH excluding ortho intramolecular Hbond substituents is 1. The lowest BCUT2D eigenvalue weighted by Crippen LogP contribution is -2.12. The normalized spacial score (nSPS) is 14.3. The average molecular weight is 450 g/mol. The molecule has 2 rings (SSSR count). The molecule has 7 nitrogen and oxygen atoms in total. The van der Waals surface area contributed by atoms with Crippen LogP contribution in [-0.4, -0.2) is 24.0 Å². The Kier molecular flexibility index (Phi) is 8.47. The molecule has 0 saturated carbocycles. The van der Waals surface area contributed by atoms with Crippen LogP contribution in [0.5, 0.6) is 11.5 Å². The van der Waals surface area contributed by atoms with E-state index in [0.717, 1.165) is 31.3 Å². The smallest absolute Gasteiger partial charge is 0.446 e. The minimum Gasteiger partial charge on any atom is -0.507 e. The van der Waals surface area contributed by atoms with Gasteiger partial charge >= 0.3 is 10.4 Å². The molecule has 170 valence electrons. The number of amides is 1. The molecule has 3 N–H and O–H groups in total. The van der Waals surface area contributed by atoms with Gasteiger partial charge in [-0.05, 0) is 65.9 Å². The van der Waals surface area contributed by atoms with E-state index in [1.165, 1.54) is 17.2 Å². The molecule has 0 saturated heterocycles. The average Bonchev–Trinajstić information content (AvgIpc) is 3.00. The second kappa shape index (κ2) is 10.6. The van der Waals surface area contributed by atoms with Gasteiger partial charge in [-0.25, -0.2) is 0 Å². The van der Waals surface area contributed by atoms with Gasteiger partial charge in [-0.3, -0.25) is 9.35 Å². The Morgan fingerprint density at radius 3 is 2.32 bits per heavy atom.